The van der Waals surface area contributed by atoms with E-state index in [1.54, 1.807) is 23.2 Å². The number of halogens is 1. The molecular weight excluding hydrogens is 516 g/mol. The number of hydrogen-bond acceptors (Lipinski definition) is 7. The van der Waals surface area contributed by atoms with E-state index in [-0.39, 0.29) is 28.6 Å². The zero-order chi connectivity index (χ0) is 27.7. The molecule has 1 aliphatic carbocycles. The van der Waals surface area contributed by atoms with E-state index >= 15 is 0 Å². The lowest BCUT2D eigenvalue weighted by Crippen LogP contribution is -2.50. The Hall–Kier alpha value is -3.36. The number of amides is 1. The molecule has 1 aromatic heterocycles. The number of nitrogens with one attached hydrogen (secondary N) is 1. The van der Waals surface area contributed by atoms with E-state index in [4.69, 9.17) is 16.3 Å². The number of nitrogens with zero attached hydrogens (tertiary/aromatic N) is 3. The summed E-state index contributed by atoms with van der Waals surface area (Å²) < 4.78 is 5.50. The lowest BCUT2D eigenvalue weighted by molar-refractivity contribution is 0.0148. The average Bonchev–Trinajstić information content (AvgIpc) is 3.75. The molecule has 2 aromatic carbocycles. The second-order valence-corrected chi connectivity index (χ2v) is 11.7. The van der Waals surface area contributed by atoms with E-state index in [1.165, 1.54) is 0 Å². The Bertz CT molecular complexity index is 1390. The number of pyridine rings is 1. The zero-order valence-corrected chi connectivity index (χ0v) is 23.4. The van der Waals surface area contributed by atoms with Crippen LogP contribution in [-0.2, 0) is 4.74 Å². The molecule has 1 saturated carbocycles. The number of carbonyl (C=O) groups is 2. The molecule has 0 unspecified atom stereocenters. The summed E-state index contributed by atoms with van der Waals surface area (Å²) in [6.07, 6.45) is 3.27. The van der Waals surface area contributed by atoms with Gasteiger partial charge in [-0.3, -0.25) is 14.7 Å². The fourth-order valence-corrected chi connectivity index (χ4v) is 5.00. The van der Waals surface area contributed by atoms with Gasteiger partial charge in [0.15, 0.2) is 5.78 Å². The molecule has 0 atom stereocenters. The number of carbonyl (C=O) groups excluding carboxylic acids is 2. The van der Waals surface area contributed by atoms with E-state index in [2.05, 4.69) is 15.2 Å². The Balaban J connectivity index is 1.33. The number of Topliss-reactive ketones (excluding diaryl/α,β-unsaturated/α-hetero) is 1. The number of rotatable bonds is 7. The van der Waals surface area contributed by atoms with Gasteiger partial charge in [0.2, 0.25) is 0 Å². The van der Waals surface area contributed by atoms with E-state index in [1.807, 2.05) is 45.0 Å². The van der Waals surface area contributed by atoms with Crippen LogP contribution >= 0.6 is 11.6 Å². The molecule has 2 N–H and O–H groups in total. The Labute approximate surface area is 233 Å². The summed E-state index contributed by atoms with van der Waals surface area (Å²) in [6.45, 7) is 9.81. The molecule has 9 heteroatoms. The molecule has 1 aliphatic heterocycles. The van der Waals surface area contributed by atoms with Gasteiger partial charge in [-0.25, -0.2) is 4.79 Å². The maximum Gasteiger partial charge on any atom is 0.410 e. The molecule has 1 saturated heterocycles. The number of benzene rings is 2. The Morgan fingerprint density at radius 2 is 1.77 bits per heavy atom. The maximum atomic E-state index is 13.2. The highest BCUT2D eigenvalue weighted by Gasteiger charge is 2.32. The van der Waals surface area contributed by atoms with E-state index < -0.39 is 5.60 Å². The summed E-state index contributed by atoms with van der Waals surface area (Å²) in [7, 11) is 0. The van der Waals surface area contributed by atoms with Crippen molar-refractivity contribution in [3.63, 3.8) is 0 Å². The monoisotopic (exact) mass is 550 g/mol. The molecule has 1 amide bonds. The van der Waals surface area contributed by atoms with Crippen molar-refractivity contribution >= 4 is 40.1 Å². The summed E-state index contributed by atoms with van der Waals surface area (Å²) in [5.41, 5.74) is 3.51. The van der Waals surface area contributed by atoms with Crippen molar-refractivity contribution < 1.29 is 19.4 Å². The highest BCUT2D eigenvalue weighted by molar-refractivity contribution is 6.32. The van der Waals surface area contributed by atoms with Crippen LogP contribution in [0.25, 0.3) is 22.0 Å². The maximum absolute atomic E-state index is 13.2. The number of aromatic hydroxyl groups is 1. The number of phenols is 1. The Morgan fingerprint density at radius 1 is 1.08 bits per heavy atom. The third-order valence-corrected chi connectivity index (χ3v) is 7.42. The molecule has 2 heterocycles. The second kappa shape index (κ2) is 11.0. The van der Waals surface area contributed by atoms with Crippen molar-refractivity contribution in [2.24, 2.45) is 5.92 Å². The zero-order valence-electron chi connectivity index (χ0n) is 22.7. The lowest BCUT2D eigenvalue weighted by Gasteiger charge is -2.35. The van der Waals surface area contributed by atoms with Gasteiger partial charge in [-0.15, -0.1) is 0 Å². The third-order valence-electron chi connectivity index (χ3n) is 7.12. The van der Waals surface area contributed by atoms with Gasteiger partial charge < -0.3 is 20.1 Å². The first kappa shape index (κ1) is 27.2. The molecule has 0 spiro atoms. The molecule has 206 valence electrons. The van der Waals surface area contributed by atoms with Crippen LogP contribution < -0.4 is 5.32 Å². The minimum absolute atomic E-state index is 0.0365. The first-order valence-corrected chi connectivity index (χ1v) is 13.9. The first-order chi connectivity index (χ1) is 18.6. The summed E-state index contributed by atoms with van der Waals surface area (Å²) in [6, 6.07) is 11.1. The van der Waals surface area contributed by atoms with Gasteiger partial charge in [0.05, 0.1) is 21.8 Å². The number of piperazine rings is 1. The fraction of sp³-hybridized carbons (Fsp3) is 0.433. The summed E-state index contributed by atoms with van der Waals surface area (Å²) in [5.74, 6) is 0.246. The summed E-state index contributed by atoms with van der Waals surface area (Å²) in [5, 5.41) is 14.6. The van der Waals surface area contributed by atoms with Crippen LogP contribution in [-0.4, -0.2) is 76.6 Å². The predicted molar refractivity (Wildman–Crippen MR) is 154 cm³/mol. The topological polar surface area (TPSA) is 95.0 Å². The minimum atomic E-state index is -0.504. The van der Waals surface area contributed by atoms with Crippen molar-refractivity contribution in [3.8, 4) is 16.9 Å². The molecule has 2 fully saturated rings. The van der Waals surface area contributed by atoms with Crippen molar-refractivity contribution in [2.75, 3.05) is 44.6 Å². The van der Waals surface area contributed by atoms with E-state index in [9.17, 15) is 14.7 Å². The highest BCUT2D eigenvalue weighted by atomic mass is 35.5. The van der Waals surface area contributed by atoms with Crippen molar-refractivity contribution in [1.29, 1.82) is 0 Å². The lowest BCUT2D eigenvalue weighted by atomic mass is 9.99. The van der Waals surface area contributed by atoms with Crippen LogP contribution in [0.15, 0.2) is 42.6 Å². The minimum Gasteiger partial charge on any atom is -0.506 e. The van der Waals surface area contributed by atoms with Crippen LogP contribution in [0.4, 0.5) is 10.5 Å². The Morgan fingerprint density at radius 3 is 2.44 bits per heavy atom. The molecular formula is C30H35ClN4O4. The Kier molecular flexibility index (Phi) is 7.69. The van der Waals surface area contributed by atoms with Crippen molar-refractivity contribution in [3.05, 3.63) is 53.2 Å². The number of fused-ring (bicyclic) bond motifs is 1. The van der Waals surface area contributed by atoms with Gasteiger partial charge >= 0.3 is 6.09 Å². The molecule has 0 radical (unpaired) electrons. The first-order valence-electron chi connectivity index (χ1n) is 13.5. The second-order valence-electron chi connectivity index (χ2n) is 11.3. The molecule has 3 aromatic rings. The quantitative estimate of drug-likeness (QED) is 0.358. The number of hydrogen-bond donors (Lipinski definition) is 2. The van der Waals surface area contributed by atoms with Gasteiger partial charge in [-0.05, 0) is 69.0 Å². The van der Waals surface area contributed by atoms with Gasteiger partial charge in [-0.2, -0.15) is 0 Å². The largest absolute Gasteiger partial charge is 0.506 e. The number of anilines is 1. The fourth-order valence-electron chi connectivity index (χ4n) is 4.82. The normalized spacial score (nSPS) is 16.4. The summed E-state index contributed by atoms with van der Waals surface area (Å²) >= 11 is 6.17. The summed E-state index contributed by atoms with van der Waals surface area (Å²) in [4.78, 5) is 34.2. The van der Waals surface area contributed by atoms with Crippen LogP contribution in [0, 0.1) is 5.92 Å². The highest BCUT2D eigenvalue weighted by Crippen LogP contribution is 2.38. The molecule has 2 aliphatic rings. The van der Waals surface area contributed by atoms with Crippen LogP contribution in [0.3, 0.4) is 0 Å². The smallest absolute Gasteiger partial charge is 0.410 e. The number of ketones is 1. The van der Waals surface area contributed by atoms with E-state index in [0.29, 0.717) is 25.2 Å². The molecule has 5 rings (SSSR count). The molecule has 8 nitrogen and oxygen atoms in total. The van der Waals surface area contributed by atoms with E-state index in [0.717, 1.165) is 60.2 Å². The van der Waals surface area contributed by atoms with Crippen LogP contribution in [0.5, 0.6) is 5.75 Å². The average molecular weight is 551 g/mol. The van der Waals surface area contributed by atoms with Crippen LogP contribution in [0.2, 0.25) is 5.02 Å². The third kappa shape index (κ3) is 6.45. The van der Waals surface area contributed by atoms with Gasteiger partial charge in [0.25, 0.3) is 0 Å². The number of aromatic nitrogens is 1. The SMILES string of the molecule is CC(C)(C)OC(=O)N1CCN(CCNc2c(C(=O)C3CC3)cnc3ccc(-c4ccc(O)c(Cl)c4)cc23)CC1. The van der Waals surface area contributed by atoms with Gasteiger partial charge in [-0.1, -0.05) is 23.7 Å². The molecule has 0 bridgehead atoms. The number of ether oxygens (including phenoxy) is 1. The standard InChI is InChI=1S/C30H35ClN4O4/c1-30(2,3)39-29(38)35-14-12-34(13-15-35)11-10-32-27-22-16-20(21-7-9-26(36)24(31)17-21)6-8-25(22)33-18-23(27)28(37)19-4-5-19/h6-9,16-19,36H,4-5,10-15H2,1-3H3,(H,32,33). The van der Waals surface area contributed by atoms with Gasteiger partial charge in [0.1, 0.15) is 11.4 Å². The number of phenolic OH excluding ortho intramolecular Hbond substituents is 1. The predicted octanol–water partition coefficient (Wildman–Crippen LogP) is 5.82. The van der Waals surface area contributed by atoms with Crippen LogP contribution in [0.1, 0.15) is 44.0 Å². The van der Waals surface area contributed by atoms with Crippen molar-refractivity contribution in [1.82, 2.24) is 14.8 Å². The van der Waals surface area contributed by atoms with Crippen molar-refractivity contribution in [2.45, 2.75) is 39.2 Å². The molecule has 39 heavy (non-hydrogen) atoms. The van der Waals surface area contributed by atoms with Gasteiger partial charge in [0, 0.05) is 56.8 Å².